The van der Waals surface area contributed by atoms with Crippen molar-refractivity contribution in [3.63, 3.8) is 0 Å². The molecule has 2 fully saturated rings. The van der Waals surface area contributed by atoms with Gasteiger partial charge in [0.2, 0.25) is 0 Å². The van der Waals surface area contributed by atoms with Crippen molar-refractivity contribution in [3.05, 3.63) is 48.4 Å². The summed E-state index contributed by atoms with van der Waals surface area (Å²) in [5.74, 6) is 0.123. The van der Waals surface area contributed by atoms with Crippen LogP contribution in [-0.2, 0) is 4.74 Å². The molecule has 0 saturated carbocycles. The highest BCUT2D eigenvalue weighted by molar-refractivity contribution is 5.99. The number of nitrogens with one attached hydrogen (secondary N) is 1. The van der Waals surface area contributed by atoms with E-state index in [1.54, 1.807) is 19.4 Å². The maximum Gasteiger partial charge on any atom is 0.319 e. The zero-order valence-electron chi connectivity index (χ0n) is 20.1. The zero-order valence-corrected chi connectivity index (χ0v) is 20.1. The maximum atomic E-state index is 16.2. The lowest BCUT2D eigenvalue weighted by Gasteiger charge is -2.34. The molecule has 2 unspecified atom stereocenters. The van der Waals surface area contributed by atoms with E-state index in [9.17, 15) is 5.11 Å². The van der Waals surface area contributed by atoms with Gasteiger partial charge in [-0.3, -0.25) is 4.98 Å². The number of pyridine rings is 1. The molecule has 0 amide bonds. The second-order valence-corrected chi connectivity index (χ2v) is 9.46. The predicted molar refractivity (Wildman–Crippen MR) is 136 cm³/mol. The number of hydrogen-bond donors (Lipinski definition) is 2. The molecule has 4 aromatic rings. The Hall–Kier alpha value is -3.56. The summed E-state index contributed by atoms with van der Waals surface area (Å²) in [4.78, 5) is 15.9. The molecule has 2 N–H and O–H groups in total. The Morgan fingerprint density at radius 1 is 1.08 bits per heavy atom. The molecule has 186 valence electrons. The second kappa shape index (κ2) is 9.48. The Morgan fingerprint density at radius 2 is 1.89 bits per heavy atom. The van der Waals surface area contributed by atoms with Gasteiger partial charge < -0.3 is 24.8 Å². The molecule has 2 bridgehead atoms. The number of benzene rings is 2. The summed E-state index contributed by atoms with van der Waals surface area (Å²) in [5.41, 5.74) is 0.794. The highest BCUT2D eigenvalue weighted by atomic mass is 19.1. The Labute approximate surface area is 208 Å². The summed E-state index contributed by atoms with van der Waals surface area (Å²) in [7, 11) is 1.64. The fourth-order valence-electron chi connectivity index (χ4n) is 5.34. The van der Waals surface area contributed by atoms with E-state index in [0.717, 1.165) is 36.7 Å². The number of anilines is 1. The number of nitrogens with zero attached hydrogens (tertiary/aromatic N) is 4. The molecule has 6 rings (SSSR count). The topological polar surface area (TPSA) is 92.6 Å². The van der Waals surface area contributed by atoms with E-state index in [1.807, 2.05) is 24.3 Å². The van der Waals surface area contributed by atoms with Crippen LogP contribution in [0.4, 0.5) is 10.2 Å². The van der Waals surface area contributed by atoms with Gasteiger partial charge in [-0.05, 0) is 35.7 Å². The first-order chi connectivity index (χ1) is 17.6. The van der Waals surface area contributed by atoms with E-state index in [2.05, 4.69) is 20.2 Å². The van der Waals surface area contributed by atoms with Crippen molar-refractivity contribution in [2.75, 3.05) is 38.3 Å². The van der Waals surface area contributed by atoms with E-state index in [-0.39, 0.29) is 23.0 Å². The first kappa shape index (κ1) is 22.9. The summed E-state index contributed by atoms with van der Waals surface area (Å²) in [5, 5.41) is 16.1. The normalized spacial score (nSPS) is 19.3. The minimum absolute atomic E-state index is 0.0480. The van der Waals surface area contributed by atoms with Crippen molar-refractivity contribution in [1.82, 2.24) is 20.3 Å². The number of phenols is 1. The highest BCUT2D eigenvalue weighted by Gasteiger charge is 2.34. The zero-order chi connectivity index (χ0) is 24.6. The van der Waals surface area contributed by atoms with Gasteiger partial charge in [0.25, 0.3) is 0 Å². The summed E-state index contributed by atoms with van der Waals surface area (Å²) >= 11 is 0. The molecular formula is C27H28FN5O3. The monoisotopic (exact) mass is 489 g/mol. The molecule has 2 atom stereocenters. The number of halogens is 1. The van der Waals surface area contributed by atoms with Crippen molar-refractivity contribution in [3.8, 4) is 23.0 Å². The quantitative estimate of drug-likeness (QED) is 0.376. The molecule has 0 spiro atoms. The van der Waals surface area contributed by atoms with Crippen LogP contribution in [0.25, 0.3) is 32.9 Å². The van der Waals surface area contributed by atoms with Crippen LogP contribution < -0.4 is 15.0 Å². The van der Waals surface area contributed by atoms with Gasteiger partial charge in [-0.2, -0.15) is 9.97 Å². The molecule has 0 aliphatic carbocycles. The van der Waals surface area contributed by atoms with E-state index >= 15 is 4.39 Å². The van der Waals surface area contributed by atoms with Crippen molar-refractivity contribution in [2.24, 2.45) is 0 Å². The fraction of sp³-hybridized carbons (Fsp3) is 0.370. The lowest BCUT2D eigenvalue weighted by Crippen LogP contribution is -2.51. The predicted octanol–water partition coefficient (Wildman–Crippen LogP) is 4.05. The van der Waals surface area contributed by atoms with E-state index < -0.39 is 5.82 Å². The standard InChI is InChI=1S/C27H28FN5O3/c1-35-9-4-10-36-27-31-25-22(26(32-27)33-14-17-7-8-18(15-33)30-17)13-29-24(23(25)28)21-12-19(34)11-16-5-2-3-6-20(16)21/h2-3,5-6,11-13,17-18,30,34H,4,7-10,14-15H2,1H3. The first-order valence-corrected chi connectivity index (χ1v) is 12.3. The minimum atomic E-state index is -0.563. The average molecular weight is 490 g/mol. The third-order valence-corrected chi connectivity index (χ3v) is 6.99. The lowest BCUT2D eigenvalue weighted by molar-refractivity contribution is 0.169. The highest BCUT2D eigenvalue weighted by Crippen LogP contribution is 2.37. The van der Waals surface area contributed by atoms with Crippen molar-refractivity contribution < 1.29 is 19.0 Å². The SMILES string of the molecule is COCCCOc1nc(N2CC3CCC(C2)N3)c2cnc(-c3cc(O)cc4ccccc34)c(F)c2n1. The number of ether oxygens (including phenoxy) is 2. The van der Waals surface area contributed by atoms with Gasteiger partial charge in [0.05, 0.1) is 12.0 Å². The molecule has 2 aliphatic rings. The van der Waals surface area contributed by atoms with E-state index in [4.69, 9.17) is 14.5 Å². The second-order valence-electron chi connectivity index (χ2n) is 9.46. The van der Waals surface area contributed by atoms with Crippen LogP contribution in [-0.4, -0.2) is 65.6 Å². The number of fused-ring (bicyclic) bond motifs is 4. The van der Waals surface area contributed by atoms with Crippen LogP contribution in [0, 0.1) is 5.82 Å². The average Bonchev–Trinajstić information content (AvgIpc) is 3.23. The Kier molecular flexibility index (Phi) is 6.02. The first-order valence-electron chi connectivity index (χ1n) is 12.3. The van der Waals surface area contributed by atoms with Gasteiger partial charge in [0.1, 0.15) is 22.8 Å². The van der Waals surface area contributed by atoms with E-state index in [0.29, 0.717) is 48.5 Å². The molecule has 2 aromatic heterocycles. The molecule has 4 heterocycles. The smallest absolute Gasteiger partial charge is 0.319 e. The van der Waals surface area contributed by atoms with Crippen molar-refractivity contribution in [2.45, 2.75) is 31.3 Å². The molecule has 9 heteroatoms. The molecule has 36 heavy (non-hydrogen) atoms. The van der Waals surface area contributed by atoms with Gasteiger partial charge in [-0.1, -0.05) is 24.3 Å². The number of piperazine rings is 1. The van der Waals surface area contributed by atoms with Crippen LogP contribution >= 0.6 is 0 Å². The maximum absolute atomic E-state index is 16.2. The van der Waals surface area contributed by atoms with Crippen LogP contribution in [0.2, 0.25) is 0 Å². The number of aromatic nitrogens is 3. The molecule has 2 aliphatic heterocycles. The summed E-state index contributed by atoms with van der Waals surface area (Å²) in [6, 6.07) is 11.6. The molecule has 2 aromatic carbocycles. The Morgan fingerprint density at radius 3 is 2.69 bits per heavy atom. The van der Waals surface area contributed by atoms with Gasteiger partial charge >= 0.3 is 6.01 Å². The number of rotatable bonds is 7. The van der Waals surface area contributed by atoms with Crippen LogP contribution in [0.15, 0.2) is 42.6 Å². The van der Waals surface area contributed by atoms with Crippen molar-refractivity contribution >= 4 is 27.5 Å². The fourth-order valence-corrected chi connectivity index (χ4v) is 5.34. The number of methoxy groups -OCH3 is 1. The molecule has 2 saturated heterocycles. The summed E-state index contributed by atoms with van der Waals surface area (Å²) < 4.78 is 27.1. The molecule has 8 nitrogen and oxygen atoms in total. The number of hydrogen-bond acceptors (Lipinski definition) is 8. The molecule has 0 radical (unpaired) electrons. The minimum Gasteiger partial charge on any atom is -0.508 e. The van der Waals surface area contributed by atoms with Gasteiger partial charge in [0.15, 0.2) is 5.82 Å². The van der Waals surface area contributed by atoms with Gasteiger partial charge in [-0.15, -0.1) is 0 Å². The van der Waals surface area contributed by atoms with Crippen molar-refractivity contribution in [1.29, 1.82) is 0 Å². The van der Waals surface area contributed by atoms with Crippen LogP contribution in [0.5, 0.6) is 11.8 Å². The largest absolute Gasteiger partial charge is 0.508 e. The molecular weight excluding hydrogens is 461 g/mol. The van der Waals surface area contributed by atoms with E-state index in [1.165, 1.54) is 6.07 Å². The summed E-state index contributed by atoms with van der Waals surface area (Å²) in [6.45, 7) is 2.48. The van der Waals surface area contributed by atoms with Crippen LogP contribution in [0.3, 0.4) is 0 Å². The van der Waals surface area contributed by atoms with Gasteiger partial charge in [-0.25, -0.2) is 4.39 Å². The number of aromatic hydroxyl groups is 1. The Balaban J connectivity index is 1.49. The third-order valence-electron chi connectivity index (χ3n) is 6.99. The summed E-state index contributed by atoms with van der Waals surface area (Å²) in [6.07, 6.45) is 4.54. The van der Waals surface area contributed by atoms with Gasteiger partial charge in [0, 0.05) is 57.1 Å². The lowest BCUT2D eigenvalue weighted by atomic mass is 10.0. The third kappa shape index (κ3) is 4.18. The Bertz CT molecular complexity index is 1420. The number of phenolic OH excluding ortho intramolecular Hbond substituents is 1. The van der Waals surface area contributed by atoms with Crippen LogP contribution in [0.1, 0.15) is 19.3 Å².